The number of anilines is 2. The number of nitrogens with one attached hydrogen (secondary N) is 1. The fourth-order valence-electron chi connectivity index (χ4n) is 4.14. The number of carbonyl (C=O) groups is 1. The van der Waals surface area contributed by atoms with Crippen LogP contribution in [0.2, 0.25) is 0 Å². The molecule has 3 aromatic rings. The van der Waals surface area contributed by atoms with Crippen LogP contribution in [-0.4, -0.2) is 42.2 Å². The number of amides is 1. The zero-order chi connectivity index (χ0) is 19.1. The van der Waals surface area contributed by atoms with Crippen molar-refractivity contribution in [3.8, 4) is 0 Å². The lowest BCUT2D eigenvalue weighted by Gasteiger charge is -2.30. The van der Waals surface area contributed by atoms with Crippen LogP contribution in [0.15, 0.2) is 60.9 Å². The maximum Gasteiger partial charge on any atom is 0.231 e. The van der Waals surface area contributed by atoms with Gasteiger partial charge in [0.25, 0.3) is 0 Å². The summed E-state index contributed by atoms with van der Waals surface area (Å²) in [5, 5.41) is 0. The number of morpholine rings is 1. The van der Waals surface area contributed by atoms with E-state index in [-0.39, 0.29) is 11.9 Å². The zero-order valence-electron chi connectivity index (χ0n) is 15.6. The topological polar surface area (TPSA) is 61.5 Å². The molecule has 0 saturated carbocycles. The Labute approximate surface area is 163 Å². The number of rotatable bonds is 3. The monoisotopic (exact) mass is 374 g/mol. The summed E-state index contributed by atoms with van der Waals surface area (Å²) in [5.74, 6) is 0.0751. The van der Waals surface area contributed by atoms with E-state index in [0.29, 0.717) is 6.42 Å². The van der Waals surface area contributed by atoms with Crippen molar-refractivity contribution in [3.63, 3.8) is 0 Å². The van der Waals surface area contributed by atoms with Crippen LogP contribution < -0.4 is 9.80 Å². The smallest absolute Gasteiger partial charge is 0.231 e. The number of nitrogens with zero attached hydrogens (tertiary/aromatic N) is 3. The Morgan fingerprint density at radius 2 is 1.82 bits per heavy atom. The van der Waals surface area contributed by atoms with Gasteiger partial charge in [-0.05, 0) is 41.5 Å². The van der Waals surface area contributed by atoms with Gasteiger partial charge >= 0.3 is 0 Å². The van der Waals surface area contributed by atoms with Crippen LogP contribution in [0.3, 0.4) is 0 Å². The maximum atomic E-state index is 12.8. The predicted octanol–water partition coefficient (Wildman–Crippen LogP) is 3.43. The standard InChI is InChI=1S/C22H22N4O2/c1-15-12-21(27)26(18-6-7-19-20(13-18)24-14-23-19)22(15)16-2-4-17(5-3-16)25-8-10-28-11-9-25/h2-7,13-14,22H,1,8-12H2,(H,23,24). The van der Waals surface area contributed by atoms with Gasteiger partial charge in [0.15, 0.2) is 0 Å². The van der Waals surface area contributed by atoms with Gasteiger partial charge in [0.05, 0.1) is 43.0 Å². The second-order valence-electron chi connectivity index (χ2n) is 7.30. The molecule has 2 saturated heterocycles. The van der Waals surface area contributed by atoms with Crippen molar-refractivity contribution < 1.29 is 9.53 Å². The summed E-state index contributed by atoms with van der Waals surface area (Å²) < 4.78 is 5.44. The Hall–Kier alpha value is -3.12. The molecule has 2 aliphatic rings. The van der Waals surface area contributed by atoms with E-state index in [1.165, 1.54) is 5.69 Å². The third kappa shape index (κ3) is 2.86. The SMILES string of the molecule is C=C1CC(=O)N(c2ccc3nc[nH]c3c2)C1c1ccc(N2CCOCC2)cc1. The molecule has 0 spiro atoms. The van der Waals surface area contributed by atoms with Crippen molar-refractivity contribution in [2.24, 2.45) is 0 Å². The minimum atomic E-state index is -0.147. The molecule has 1 aromatic heterocycles. The molecular weight excluding hydrogens is 352 g/mol. The summed E-state index contributed by atoms with van der Waals surface area (Å²) in [6.45, 7) is 7.53. The fourth-order valence-corrected chi connectivity index (χ4v) is 4.14. The van der Waals surface area contributed by atoms with Crippen LogP contribution >= 0.6 is 0 Å². The molecule has 1 atom stereocenters. The van der Waals surface area contributed by atoms with Crippen LogP contribution in [0, 0.1) is 0 Å². The average Bonchev–Trinajstić information content (AvgIpc) is 3.31. The van der Waals surface area contributed by atoms with E-state index in [1.807, 2.05) is 23.1 Å². The first kappa shape index (κ1) is 17.0. The highest BCUT2D eigenvalue weighted by molar-refractivity contribution is 6.01. The minimum Gasteiger partial charge on any atom is -0.378 e. The molecule has 1 amide bonds. The van der Waals surface area contributed by atoms with Gasteiger partial charge in [-0.1, -0.05) is 18.7 Å². The van der Waals surface area contributed by atoms with E-state index in [2.05, 4.69) is 45.7 Å². The summed E-state index contributed by atoms with van der Waals surface area (Å²) in [5.41, 5.74) is 5.87. The van der Waals surface area contributed by atoms with E-state index < -0.39 is 0 Å². The molecule has 1 N–H and O–H groups in total. The van der Waals surface area contributed by atoms with E-state index in [0.717, 1.165) is 54.2 Å². The highest BCUT2D eigenvalue weighted by atomic mass is 16.5. The number of H-pyrrole nitrogens is 1. The third-order valence-electron chi connectivity index (χ3n) is 5.56. The van der Waals surface area contributed by atoms with E-state index >= 15 is 0 Å². The van der Waals surface area contributed by atoms with Crippen LogP contribution in [0.5, 0.6) is 0 Å². The Morgan fingerprint density at radius 3 is 2.61 bits per heavy atom. The molecule has 6 nitrogen and oxygen atoms in total. The van der Waals surface area contributed by atoms with Gasteiger partial charge in [0.2, 0.25) is 5.91 Å². The van der Waals surface area contributed by atoms with Crippen LogP contribution in [0.4, 0.5) is 11.4 Å². The zero-order valence-corrected chi connectivity index (χ0v) is 15.6. The molecule has 142 valence electrons. The van der Waals surface area contributed by atoms with Crippen molar-refractivity contribution in [3.05, 3.63) is 66.5 Å². The van der Waals surface area contributed by atoms with Gasteiger partial charge in [0, 0.05) is 24.5 Å². The number of aromatic amines is 1. The first-order chi connectivity index (χ1) is 13.7. The van der Waals surface area contributed by atoms with Gasteiger partial charge < -0.3 is 19.5 Å². The van der Waals surface area contributed by atoms with E-state index in [1.54, 1.807) is 6.33 Å². The molecule has 28 heavy (non-hydrogen) atoms. The van der Waals surface area contributed by atoms with Gasteiger partial charge in [-0.2, -0.15) is 0 Å². The second kappa shape index (κ2) is 6.80. The highest BCUT2D eigenvalue weighted by Crippen LogP contribution is 2.41. The number of fused-ring (bicyclic) bond motifs is 1. The van der Waals surface area contributed by atoms with Crippen molar-refractivity contribution in [2.75, 3.05) is 36.1 Å². The molecule has 2 fully saturated rings. The average molecular weight is 374 g/mol. The van der Waals surface area contributed by atoms with Gasteiger partial charge in [-0.3, -0.25) is 4.79 Å². The summed E-state index contributed by atoms with van der Waals surface area (Å²) in [6, 6.07) is 14.2. The molecule has 6 heteroatoms. The molecule has 2 aromatic carbocycles. The Balaban J connectivity index is 1.47. The number of imidazole rings is 1. The number of hydrogen-bond donors (Lipinski definition) is 1. The lowest BCUT2D eigenvalue weighted by Crippen LogP contribution is -2.36. The largest absolute Gasteiger partial charge is 0.378 e. The number of aromatic nitrogens is 2. The first-order valence-electron chi connectivity index (χ1n) is 9.56. The number of benzene rings is 2. The van der Waals surface area contributed by atoms with E-state index in [9.17, 15) is 4.79 Å². The fraction of sp³-hybridized carbons (Fsp3) is 0.273. The molecule has 0 bridgehead atoms. The molecule has 1 unspecified atom stereocenters. The second-order valence-corrected chi connectivity index (χ2v) is 7.30. The van der Waals surface area contributed by atoms with Crippen LogP contribution in [0.25, 0.3) is 11.0 Å². The molecule has 5 rings (SSSR count). The summed E-state index contributed by atoms with van der Waals surface area (Å²) in [6.07, 6.45) is 2.04. The van der Waals surface area contributed by atoms with Crippen molar-refractivity contribution in [1.82, 2.24) is 9.97 Å². The van der Waals surface area contributed by atoms with Gasteiger partial charge in [-0.15, -0.1) is 0 Å². The van der Waals surface area contributed by atoms with E-state index in [4.69, 9.17) is 4.74 Å². The lowest BCUT2D eigenvalue weighted by molar-refractivity contribution is -0.117. The Kier molecular flexibility index (Phi) is 4.13. The summed E-state index contributed by atoms with van der Waals surface area (Å²) in [4.78, 5) is 24.3. The van der Waals surface area contributed by atoms with Crippen molar-refractivity contribution in [1.29, 1.82) is 0 Å². The predicted molar refractivity (Wildman–Crippen MR) is 110 cm³/mol. The number of ether oxygens (including phenoxy) is 1. The number of hydrogen-bond acceptors (Lipinski definition) is 4. The summed E-state index contributed by atoms with van der Waals surface area (Å²) >= 11 is 0. The van der Waals surface area contributed by atoms with Gasteiger partial charge in [-0.25, -0.2) is 4.98 Å². The maximum absolute atomic E-state index is 12.8. The molecule has 0 aliphatic carbocycles. The highest BCUT2D eigenvalue weighted by Gasteiger charge is 2.36. The minimum absolute atomic E-state index is 0.0751. The van der Waals surface area contributed by atoms with Gasteiger partial charge in [0.1, 0.15) is 0 Å². The van der Waals surface area contributed by atoms with Crippen LogP contribution in [-0.2, 0) is 9.53 Å². The molecular formula is C22H22N4O2. The third-order valence-corrected chi connectivity index (χ3v) is 5.56. The molecule has 0 radical (unpaired) electrons. The Morgan fingerprint density at radius 1 is 1.07 bits per heavy atom. The number of carbonyl (C=O) groups excluding carboxylic acids is 1. The summed E-state index contributed by atoms with van der Waals surface area (Å²) in [7, 11) is 0. The molecule has 2 aliphatic heterocycles. The van der Waals surface area contributed by atoms with Crippen LogP contribution in [0.1, 0.15) is 18.0 Å². The molecule has 3 heterocycles. The Bertz CT molecular complexity index is 1030. The van der Waals surface area contributed by atoms with Crippen molar-refractivity contribution in [2.45, 2.75) is 12.5 Å². The quantitative estimate of drug-likeness (QED) is 0.714. The normalized spacial score (nSPS) is 20.4. The lowest BCUT2D eigenvalue weighted by atomic mass is 10.00. The van der Waals surface area contributed by atoms with Crippen molar-refractivity contribution >= 4 is 28.3 Å². The first-order valence-corrected chi connectivity index (χ1v) is 9.56.